The first kappa shape index (κ1) is 18.9. The number of carbonyl (C=O) groups is 1. The zero-order valence-corrected chi connectivity index (χ0v) is 15.9. The topological polar surface area (TPSA) is 45.7 Å². The second-order valence-electron chi connectivity index (χ2n) is 6.94. The van der Waals surface area contributed by atoms with Gasteiger partial charge in [-0.1, -0.05) is 91.0 Å². The van der Waals surface area contributed by atoms with Gasteiger partial charge in [-0.2, -0.15) is 0 Å². The van der Waals surface area contributed by atoms with Crippen LogP contribution in [0.3, 0.4) is 0 Å². The molecule has 3 aromatic rings. The van der Waals surface area contributed by atoms with Crippen molar-refractivity contribution in [2.75, 3.05) is 0 Å². The minimum Gasteiger partial charge on any atom is -0.340 e. The van der Waals surface area contributed by atoms with E-state index in [1.807, 2.05) is 61.5 Å². The summed E-state index contributed by atoms with van der Waals surface area (Å²) >= 11 is 0. The molecule has 0 aliphatic rings. The van der Waals surface area contributed by atoms with Gasteiger partial charge in [0.1, 0.15) is 6.04 Å². The minimum absolute atomic E-state index is 0.0375. The monoisotopic (exact) mass is 359 g/mol. The third-order valence-corrected chi connectivity index (χ3v) is 4.87. The summed E-state index contributed by atoms with van der Waals surface area (Å²) in [6.45, 7) is 4.09. The van der Waals surface area contributed by atoms with Gasteiger partial charge in [-0.3, -0.25) is 4.79 Å². The molecule has 0 saturated heterocycles. The third kappa shape index (κ3) is 5.05. The molecule has 0 unspecified atom stereocenters. The largest absolute Gasteiger partial charge is 0.340 e. The van der Waals surface area contributed by atoms with Crippen LogP contribution in [0.15, 0.2) is 91.0 Å². The lowest BCUT2D eigenvalue weighted by molar-refractivity contribution is -0.710. The molecular formula is C24H27N2O+. The van der Waals surface area contributed by atoms with E-state index in [4.69, 9.17) is 0 Å². The summed E-state index contributed by atoms with van der Waals surface area (Å²) in [6.07, 6.45) is 0. The van der Waals surface area contributed by atoms with Gasteiger partial charge in [0.25, 0.3) is 5.91 Å². The van der Waals surface area contributed by atoms with Crippen LogP contribution in [0.5, 0.6) is 0 Å². The Balaban J connectivity index is 1.72. The predicted octanol–water partition coefficient (Wildman–Crippen LogP) is 3.61. The second kappa shape index (κ2) is 9.15. The number of benzene rings is 3. The van der Waals surface area contributed by atoms with Crippen LogP contribution >= 0.6 is 0 Å². The molecule has 0 aromatic heterocycles. The SMILES string of the molecule is C[C@H]([NH2+][C@H](C)c1ccccc1)C(=O)NC(c1ccccc1)c1ccccc1. The highest BCUT2D eigenvalue weighted by Crippen LogP contribution is 2.21. The molecule has 1 amide bonds. The Morgan fingerprint density at radius 2 is 1.11 bits per heavy atom. The van der Waals surface area contributed by atoms with Gasteiger partial charge in [0.2, 0.25) is 0 Å². The molecule has 2 atom stereocenters. The summed E-state index contributed by atoms with van der Waals surface area (Å²) in [7, 11) is 0. The van der Waals surface area contributed by atoms with Gasteiger partial charge in [-0.15, -0.1) is 0 Å². The fraction of sp³-hybridized carbons (Fsp3) is 0.208. The van der Waals surface area contributed by atoms with Crippen LogP contribution in [-0.2, 0) is 4.79 Å². The first-order valence-electron chi connectivity index (χ1n) is 9.45. The molecule has 0 bridgehead atoms. The number of hydrogen-bond acceptors (Lipinski definition) is 1. The number of nitrogens with one attached hydrogen (secondary N) is 1. The van der Waals surface area contributed by atoms with Crippen molar-refractivity contribution < 1.29 is 10.1 Å². The van der Waals surface area contributed by atoms with E-state index < -0.39 is 0 Å². The molecule has 0 saturated carbocycles. The van der Waals surface area contributed by atoms with Crippen molar-refractivity contribution in [2.24, 2.45) is 0 Å². The smallest absolute Gasteiger partial charge is 0.278 e. The molecular weight excluding hydrogens is 332 g/mol. The van der Waals surface area contributed by atoms with E-state index in [0.717, 1.165) is 11.1 Å². The predicted molar refractivity (Wildman–Crippen MR) is 109 cm³/mol. The van der Waals surface area contributed by atoms with Gasteiger partial charge in [0, 0.05) is 5.56 Å². The Morgan fingerprint density at radius 3 is 1.56 bits per heavy atom. The Labute approximate surface area is 161 Å². The summed E-state index contributed by atoms with van der Waals surface area (Å²) in [5.41, 5.74) is 3.39. The van der Waals surface area contributed by atoms with Crippen molar-refractivity contribution in [1.82, 2.24) is 5.32 Å². The summed E-state index contributed by atoms with van der Waals surface area (Å²) in [5, 5.41) is 5.34. The number of rotatable bonds is 7. The van der Waals surface area contributed by atoms with Gasteiger partial charge >= 0.3 is 0 Å². The van der Waals surface area contributed by atoms with E-state index in [-0.39, 0.29) is 24.0 Å². The molecule has 3 nitrogen and oxygen atoms in total. The maximum Gasteiger partial charge on any atom is 0.278 e. The highest BCUT2D eigenvalue weighted by Gasteiger charge is 2.24. The van der Waals surface area contributed by atoms with Gasteiger partial charge in [0.05, 0.1) is 6.04 Å². The van der Waals surface area contributed by atoms with E-state index in [2.05, 4.69) is 54.0 Å². The molecule has 0 aliphatic heterocycles. The molecule has 0 spiro atoms. The molecule has 0 radical (unpaired) electrons. The fourth-order valence-corrected chi connectivity index (χ4v) is 3.31. The lowest BCUT2D eigenvalue weighted by Gasteiger charge is -2.23. The standard InChI is InChI=1S/C24H26N2O/c1-18(20-12-6-3-7-13-20)25-19(2)24(27)26-23(21-14-8-4-9-15-21)22-16-10-5-11-17-22/h3-19,23,25H,1-2H3,(H,26,27)/p+1/t18-,19+/m1/s1. The lowest BCUT2D eigenvalue weighted by Crippen LogP contribution is -2.92. The molecule has 3 N–H and O–H groups in total. The molecule has 0 fully saturated rings. The van der Waals surface area contributed by atoms with Crippen LogP contribution in [0.25, 0.3) is 0 Å². The van der Waals surface area contributed by atoms with Crippen LogP contribution < -0.4 is 10.6 Å². The van der Waals surface area contributed by atoms with Crippen LogP contribution in [0.4, 0.5) is 0 Å². The van der Waals surface area contributed by atoms with Crippen molar-refractivity contribution in [1.29, 1.82) is 0 Å². The zero-order chi connectivity index (χ0) is 19.1. The minimum atomic E-state index is -0.185. The first-order chi connectivity index (χ1) is 13.1. The van der Waals surface area contributed by atoms with E-state index in [1.54, 1.807) is 0 Å². The zero-order valence-electron chi connectivity index (χ0n) is 15.9. The normalized spacial score (nSPS) is 13.1. The van der Waals surface area contributed by atoms with Crippen LogP contribution in [-0.4, -0.2) is 11.9 Å². The summed E-state index contributed by atoms with van der Waals surface area (Å²) in [4.78, 5) is 12.9. The van der Waals surface area contributed by atoms with Gasteiger partial charge in [-0.05, 0) is 25.0 Å². The third-order valence-electron chi connectivity index (χ3n) is 4.87. The number of quaternary nitrogens is 1. The van der Waals surface area contributed by atoms with E-state index >= 15 is 0 Å². The van der Waals surface area contributed by atoms with Gasteiger partial charge in [-0.25, -0.2) is 0 Å². The van der Waals surface area contributed by atoms with Crippen molar-refractivity contribution in [3.05, 3.63) is 108 Å². The van der Waals surface area contributed by atoms with Crippen LogP contribution in [0.1, 0.15) is 42.6 Å². The quantitative estimate of drug-likeness (QED) is 0.665. The van der Waals surface area contributed by atoms with Gasteiger partial charge < -0.3 is 10.6 Å². The summed E-state index contributed by atoms with van der Waals surface area (Å²) in [5.74, 6) is 0.0375. The molecule has 3 aromatic carbocycles. The first-order valence-corrected chi connectivity index (χ1v) is 9.45. The average molecular weight is 359 g/mol. The number of nitrogens with two attached hydrogens (primary N) is 1. The molecule has 27 heavy (non-hydrogen) atoms. The van der Waals surface area contributed by atoms with E-state index in [9.17, 15) is 4.79 Å². The molecule has 0 heterocycles. The highest BCUT2D eigenvalue weighted by atomic mass is 16.2. The molecule has 3 rings (SSSR count). The summed E-state index contributed by atoms with van der Waals surface area (Å²) < 4.78 is 0. The van der Waals surface area contributed by atoms with Gasteiger partial charge in [0.15, 0.2) is 6.04 Å². The van der Waals surface area contributed by atoms with Crippen molar-refractivity contribution in [2.45, 2.75) is 32.0 Å². The number of carbonyl (C=O) groups excluding carboxylic acids is 1. The fourth-order valence-electron chi connectivity index (χ4n) is 3.31. The maximum atomic E-state index is 12.9. The van der Waals surface area contributed by atoms with Crippen molar-refractivity contribution in [3.63, 3.8) is 0 Å². The maximum absolute atomic E-state index is 12.9. The van der Waals surface area contributed by atoms with E-state index in [1.165, 1.54) is 5.56 Å². The van der Waals surface area contributed by atoms with Crippen LogP contribution in [0.2, 0.25) is 0 Å². The summed E-state index contributed by atoms with van der Waals surface area (Å²) in [6, 6.07) is 30.4. The molecule has 0 aliphatic carbocycles. The number of amides is 1. The van der Waals surface area contributed by atoms with Crippen molar-refractivity contribution in [3.8, 4) is 0 Å². The van der Waals surface area contributed by atoms with Crippen molar-refractivity contribution >= 4 is 5.91 Å². The number of hydrogen-bond donors (Lipinski definition) is 2. The highest BCUT2D eigenvalue weighted by molar-refractivity contribution is 5.80. The molecule has 3 heteroatoms. The lowest BCUT2D eigenvalue weighted by atomic mass is 9.98. The van der Waals surface area contributed by atoms with Crippen LogP contribution in [0, 0.1) is 0 Å². The van der Waals surface area contributed by atoms with E-state index in [0.29, 0.717) is 0 Å². The molecule has 138 valence electrons. The Hall–Kier alpha value is -2.91. The average Bonchev–Trinajstić information content (AvgIpc) is 2.73. The Kier molecular flexibility index (Phi) is 6.39. The Bertz CT molecular complexity index is 795. The second-order valence-corrected chi connectivity index (χ2v) is 6.94. The Morgan fingerprint density at radius 1 is 0.704 bits per heavy atom.